The van der Waals surface area contributed by atoms with Crippen molar-refractivity contribution in [2.24, 2.45) is 5.92 Å². The second-order valence-electron chi connectivity index (χ2n) is 5.69. The normalized spacial score (nSPS) is 21.3. The predicted octanol–water partition coefficient (Wildman–Crippen LogP) is 2.21. The van der Waals surface area contributed by atoms with Gasteiger partial charge in [0.1, 0.15) is 5.82 Å². The number of ether oxygens (including phenoxy) is 1. The number of hydrogen-bond donors (Lipinski definition) is 2. The Hall–Kier alpha value is -2.28. The summed E-state index contributed by atoms with van der Waals surface area (Å²) < 4.78 is 19.7. The number of rotatable bonds is 3. The van der Waals surface area contributed by atoms with Gasteiger partial charge in [0.2, 0.25) is 5.91 Å². The molecular weight excluding hydrogens is 301 g/mol. The molecule has 0 bridgehead atoms. The Morgan fingerprint density at radius 3 is 3.13 bits per heavy atom. The van der Waals surface area contributed by atoms with E-state index in [1.165, 1.54) is 12.4 Å². The van der Waals surface area contributed by atoms with Crippen molar-refractivity contribution < 1.29 is 13.9 Å². The van der Waals surface area contributed by atoms with Crippen LogP contribution < -0.4 is 10.9 Å². The highest BCUT2D eigenvalue weighted by Gasteiger charge is 2.27. The number of fused-ring (bicyclic) bond motifs is 1. The average Bonchev–Trinajstić information content (AvgIpc) is 2.56. The molecule has 1 amide bonds. The van der Waals surface area contributed by atoms with E-state index in [9.17, 15) is 14.0 Å². The fraction of sp³-hybridized carbons (Fsp3) is 0.438. The molecular formula is C16H18FN3O3. The number of aromatic amines is 1. The maximum absolute atomic E-state index is 14.1. The fourth-order valence-corrected chi connectivity index (χ4v) is 2.82. The van der Waals surface area contributed by atoms with Gasteiger partial charge >= 0.3 is 0 Å². The maximum atomic E-state index is 14.1. The van der Waals surface area contributed by atoms with Gasteiger partial charge in [0, 0.05) is 18.6 Å². The molecule has 0 aliphatic carbocycles. The van der Waals surface area contributed by atoms with Crippen molar-refractivity contribution in [2.75, 3.05) is 11.9 Å². The van der Waals surface area contributed by atoms with Crippen LogP contribution in [0.25, 0.3) is 10.9 Å². The molecule has 1 fully saturated rings. The maximum Gasteiger partial charge on any atom is 0.258 e. The van der Waals surface area contributed by atoms with E-state index in [4.69, 9.17) is 4.74 Å². The summed E-state index contributed by atoms with van der Waals surface area (Å²) in [5.74, 6) is -1.07. The molecule has 122 valence electrons. The smallest absolute Gasteiger partial charge is 0.258 e. The van der Waals surface area contributed by atoms with Crippen LogP contribution in [-0.2, 0) is 9.53 Å². The number of anilines is 1. The Kier molecular flexibility index (Phi) is 4.38. The third-order valence-corrected chi connectivity index (χ3v) is 4.18. The van der Waals surface area contributed by atoms with Gasteiger partial charge in [-0.15, -0.1) is 0 Å². The minimum absolute atomic E-state index is 0.000500. The lowest BCUT2D eigenvalue weighted by atomic mass is 9.93. The number of halogens is 1. The van der Waals surface area contributed by atoms with Crippen LogP contribution >= 0.6 is 0 Å². The first-order valence-electron chi connectivity index (χ1n) is 7.68. The third kappa shape index (κ3) is 3.24. The van der Waals surface area contributed by atoms with E-state index in [1.54, 1.807) is 0 Å². The number of benzene rings is 1. The first kappa shape index (κ1) is 15.6. The summed E-state index contributed by atoms with van der Waals surface area (Å²) in [6.45, 7) is 2.54. The van der Waals surface area contributed by atoms with Crippen molar-refractivity contribution >= 4 is 22.5 Å². The molecule has 23 heavy (non-hydrogen) atoms. The van der Waals surface area contributed by atoms with Gasteiger partial charge in [0.25, 0.3) is 5.56 Å². The van der Waals surface area contributed by atoms with Crippen LogP contribution in [0.3, 0.4) is 0 Å². The van der Waals surface area contributed by atoms with Gasteiger partial charge in [0.15, 0.2) is 0 Å². The third-order valence-electron chi connectivity index (χ3n) is 4.18. The van der Waals surface area contributed by atoms with Crippen LogP contribution in [0.15, 0.2) is 23.3 Å². The fourth-order valence-electron chi connectivity index (χ4n) is 2.82. The monoisotopic (exact) mass is 319 g/mol. The molecule has 0 spiro atoms. The van der Waals surface area contributed by atoms with Crippen molar-refractivity contribution in [1.82, 2.24) is 9.97 Å². The first-order chi connectivity index (χ1) is 11.1. The zero-order valence-corrected chi connectivity index (χ0v) is 12.8. The van der Waals surface area contributed by atoms with Gasteiger partial charge in [0.05, 0.1) is 29.0 Å². The van der Waals surface area contributed by atoms with Crippen molar-refractivity contribution in [2.45, 2.75) is 32.3 Å². The van der Waals surface area contributed by atoms with Crippen molar-refractivity contribution in [3.8, 4) is 0 Å². The first-order valence-corrected chi connectivity index (χ1v) is 7.68. The highest BCUT2D eigenvalue weighted by molar-refractivity contribution is 5.95. The number of aromatic nitrogens is 2. The Morgan fingerprint density at radius 2 is 2.35 bits per heavy atom. The molecule has 3 rings (SSSR count). The van der Waals surface area contributed by atoms with Crippen LogP contribution in [0.5, 0.6) is 0 Å². The molecule has 1 aromatic heterocycles. The van der Waals surface area contributed by atoms with Crippen molar-refractivity contribution in [3.63, 3.8) is 0 Å². The summed E-state index contributed by atoms with van der Waals surface area (Å²) in [6.07, 6.45) is 3.36. The molecule has 2 heterocycles. The number of hydrogen-bond acceptors (Lipinski definition) is 4. The molecule has 1 aliphatic heterocycles. The van der Waals surface area contributed by atoms with Crippen LogP contribution in [0.1, 0.15) is 26.2 Å². The van der Waals surface area contributed by atoms with Crippen LogP contribution in [0, 0.1) is 11.7 Å². The number of nitrogens with one attached hydrogen (secondary N) is 2. The molecule has 0 saturated carbocycles. The zero-order valence-electron chi connectivity index (χ0n) is 12.8. The number of carbonyl (C=O) groups excluding carboxylic acids is 1. The summed E-state index contributed by atoms with van der Waals surface area (Å²) >= 11 is 0. The molecule has 7 heteroatoms. The van der Waals surface area contributed by atoms with Gasteiger partial charge in [-0.2, -0.15) is 0 Å². The van der Waals surface area contributed by atoms with Crippen LogP contribution in [-0.4, -0.2) is 28.6 Å². The van der Waals surface area contributed by atoms with E-state index in [1.807, 2.05) is 6.92 Å². The number of H-pyrrole nitrogens is 1. The van der Waals surface area contributed by atoms with Gasteiger partial charge < -0.3 is 15.0 Å². The Labute approximate surface area is 132 Å². The Balaban J connectivity index is 1.83. The second-order valence-corrected chi connectivity index (χ2v) is 5.69. The predicted molar refractivity (Wildman–Crippen MR) is 83.7 cm³/mol. The van der Waals surface area contributed by atoms with E-state index in [0.29, 0.717) is 19.4 Å². The highest BCUT2D eigenvalue weighted by Crippen LogP contribution is 2.25. The van der Waals surface area contributed by atoms with E-state index in [-0.39, 0.29) is 40.1 Å². The highest BCUT2D eigenvalue weighted by atomic mass is 19.1. The number of amides is 1. The van der Waals surface area contributed by atoms with Crippen molar-refractivity contribution in [1.29, 1.82) is 0 Å². The molecule has 6 nitrogen and oxygen atoms in total. The number of carbonyl (C=O) groups is 1. The van der Waals surface area contributed by atoms with Gasteiger partial charge in [-0.05, 0) is 25.3 Å². The molecule has 1 aromatic carbocycles. The van der Waals surface area contributed by atoms with Gasteiger partial charge in [-0.25, -0.2) is 9.37 Å². The summed E-state index contributed by atoms with van der Waals surface area (Å²) in [5.41, 5.74) is -0.121. The summed E-state index contributed by atoms with van der Waals surface area (Å²) in [7, 11) is 0. The van der Waals surface area contributed by atoms with Crippen molar-refractivity contribution in [3.05, 3.63) is 34.6 Å². The minimum Gasteiger partial charge on any atom is -0.378 e. The SMILES string of the molecule is CC[C@H]1C[C@H](C(=O)Nc2cc3c(=O)[nH]cnc3cc2F)CCO1. The van der Waals surface area contributed by atoms with E-state index in [0.717, 1.165) is 12.5 Å². The summed E-state index contributed by atoms with van der Waals surface area (Å²) in [5, 5.41) is 2.83. The zero-order chi connectivity index (χ0) is 16.4. The molecule has 2 aromatic rings. The van der Waals surface area contributed by atoms with E-state index >= 15 is 0 Å². The van der Waals surface area contributed by atoms with Gasteiger partial charge in [-0.1, -0.05) is 6.92 Å². The summed E-state index contributed by atoms with van der Waals surface area (Å²) in [4.78, 5) is 30.5. The standard InChI is InChI=1S/C16H18FN3O3/c1-2-10-5-9(3-4-23-10)15(21)20-14-6-11-13(7-12(14)17)18-8-19-16(11)22/h6-10H,2-5H2,1H3,(H,20,21)(H,18,19,22)/t9-,10+/m1/s1. The van der Waals surface area contributed by atoms with Gasteiger partial charge in [-0.3, -0.25) is 9.59 Å². The van der Waals surface area contributed by atoms with Crippen LogP contribution in [0.4, 0.5) is 10.1 Å². The quantitative estimate of drug-likeness (QED) is 0.908. The molecule has 1 aliphatic rings. The lowest BCUT2D eigenvalue weighted by Gasteiger charge is -2.28. The molecule has 2 atom stereocenters. The lowest BCUT2D eigenvalue weighted by Crippen LogP contribution is -2.33. The molecule has 1 saturated heterocycles. The minimum atomic E-state index is -0.608. The molecule has 0 unspecified atom stereocenters. The summed E-state index contributed by atoms with van der Waals surface area (Å²) in [6, 6.07) is 2.48. The Morgan fingerprint density at radius 1 is 1.52 bits per heavy atom. The largest absolute Gasteiger partial charge is 0.378 e. The molecule has 2 N–H and O–H groups in total. The van der Waals surface area contributed by atoms with E-state index in [2.05, 4.69) is 15.3 Å². The van der Waals surface area contributed by atoms with Crippen LogP contribution in [0.2, 0.25) is 0 Å². The average molecular weight is 319 g/mol. The topological polar surface area (TPSA) is 84.1 Å². The Bertz CT molecular complexity index is 790. The number of nitrogens with zero attached hydrogens (tertiary/aromatic N) is 1. The lowest BCUT2D eigenvalue weighted by molar-refractivity contribution is -0.124. The molecule has 0 radical (unpaired) electrons. The second kappa shape index (κ2) is 6.45. The van der Waals surface area contributed by atoms with E-state index < -0.39 is 5.82 Å².